The van der Waals surface area contributed by atoms with Crippen LogP contribution in [-0.4, -0.2) is 35.7 Å². The number of carbonyl (C=O) groups excluding carboxylic acids is 2. The van der Waals surface area contributed by atoms with Crippen molar-refractivity contribution in [1.29, 1.82) is 0 Å². The summed E-state index contributed by atoms with van der Waals surface area (Å²) in [6.45, 7) is 6.47. The zero-order valence-corrected chi connectivity index (χ0v) is 18.0. The van der Waals surface area contributed by atoms with Crippen LogP contribution in [0.2, 0.25) is 0 Å². The largest absolute Gasteiger partial charge is 0.490 e. The normalized spacial score (nSPS) is 14.9. The third-order valence-electron chi connectivity index (χ3n) is 4.21. The Balaban J connectivity index is 1.94. The Labute approximate surface area is 177 Å². The number of hydrazone groups is 1. The monoisotopic (exact) mass is 456 g/mol. The molecule has 150 valence electrons. The molecule has 29 heavy (non-hydrogen) atoms. The first kappa shape index (κ1) is 20.8. The van der Waals surface area contributed by atoms with Crippen molar-refractivity contribution in [2.24, 2.45) is 5.10 Å². The molecule has 0 bridgehead atoms. The molecule has 0 fully saturated rings. The van der Waals surface area contributed by atoms with Gasteiger partial charge in [-0.1, -0.05) is 18.2 Å². The number of imide groups is 1. The topological polar surface area (TPSA) is 68.2 Å². The standard InChI is InChI=1S/C22H21BrN2O4/c1-4-28-19-13-15(12-18(23)20(19)29-5-2)11-17-14(3)24-25(22(17)27)21(26)16-9-7-6-8-10-16/h6-13H,4-5H2,1-3H3/b17-11+. The number of rotatable bonds is 6. The molecule has 0 aliphatic carbocycles. The van der Waals surface area contributed by atoms with Gasteiger partial charge in [-0.3, -0.25) is 9.59 Å². The van der Waals surface area contributed by atoms with Crippen LogP contribution in [0.15, 0.2) is 57.6 Å². The molecule has 0 spiro atoms. The summed E-state index contributed by atoms with van der Waals surface area (Å²) in [5.74, 6) is 0.272. The predicted molar refractivity (Wildman–Crippen MR) is 115 cm³/mol. The zero-order valence-electron chi connectivity index (χ0n) is 16.4. The van der Waals surface area contributed by atoms with Crippen LogP contribution in [0.25, 0.3) is 6.08 Å². The van der Waals surface area contributed by atoms with E-state index in [2.05, 4.69) is 21.0 Å². The minimum absolute atomic E-state index is 0.354. The van der Waals surface area contributed by atoms with Crippen LogP contribution in [0.4, 0.5) is 0 Å². The summed E-state index contributed by atoms with van der Waals surface area (Å²) < 4.78 is 12.0. The van der Waals surface area contributed by atoms with E-state index in [-0.39, 0.29) is 0 Å². The number of benzene rings is 2. The minimum Gasteiger partial charge on any atom is -0.490 e. The van der Waals surface area contributed by atoms with Gasteiger partial charge in [-0.2, -0.15) is 10.1 Å². The van der Waals surface area contributed by atoms with E-state index >= 15 is 0 Å². The van der Waals surface area contributed by atoms with Gasteiger partial charge in [0.1, 0.15) is 0 Å². The maximum absolute atomic E-state index is 12.9. The number of halogens is 1. The summed E-state index contributed by atoms with van der Waals surface area (Å²) in [6, 6.07) is 12.2. The van der Waals surface area contributed by atoms with Crippen molar-refractivity contribution in [1.82, 2.24) is 5.01 Å². The highest BCUT2D eigenvalue weighted by Gasteiger charge is 2.33. The molecule has 0 N–H and O–H groups in total. The highest BCUT2D eigenvalue weighted by atomic mass is 79.9. The third kappa shape index (κ3) is 4.40. The maximum Gasteiger partial charge on any atom is 0.283 e. The van der Waals surface area contributed by atoms with Crippen molar-refractivity contribution in [3.8, 4) is 11.5 Å². The lowest BCUT2D eigenvalue weighted by Gasteiger charge is -2.14. The summed E-state index contributed by atoms with van der Waals surface area (Å²) in [6.07, 6.45) is 1.70. The molecule has 2 amide bonds. The van der Waals surface area contributed by atoms with Gasteiger partial charge in [0.25, 0.3) is 11.8 Å². The molecule has 1 aliphatic heterocycles. The average Bonchev–Trinajstić information content (AvgIpc) is 2.99. The van der Waals surface area contributed by atoms with E-state index < -0.39 is 11.8 Å². The van der Waals surface area contributed by atoms with Crippen molar-refractivity contribution in [2.75, 3.05) is 13.2 Å². The first-order valence-corrected chi connectivity index (χ1v) is 10.1. The number of hydrogen-bond donors (Lipinski definition) is 0. The summed E-state index contributed by atoms with van der Waals surface area (Å²) in [7, 11) is 0. The van der Waals surface area contributed by atoms with Crippen LogP contribution in [-0.2, 0) is 4.79 Å². The van der Waals surface area contributed by atoms with Gasteiger partial charge in [-0.15, -0.1) is 0 Å². The van der Waals surface area contributed by atoms with Crippen LogP contribution in [0, 0.1) is 0 Å². The quantitative estimate of drug-likeness (QED) is 0.467. The highest BCUT2D eigenvalue weighted by Crippen LogP contribution is 2.38. The van der Waals surface area contributed by atoms with Crippen molar-refractivity contribution in [2.45, 2.75) is 20.8 Å². The second kappa shape index (κ2) is 9.05. The second-order valence-electron chi connectivity index (χ2n) is 6.23. The van der Waals surface area contributed by atoms with Crippen LogP contribution in [0.1, 0.15) is 36.7 Å². The van der Waals surface area contributed by atoms with E-state index in [0.29, 0.717) is 41.6 Å². The van der Waals surface area contributed by atoms with Crippen molar-refractivity contribution < 1.29 is 19.1 Å². The summed E-state index contributed by atoms with van der Waals surface area (Å²) in [5.41, 5.74) is 1.96. The molecule has 7 heteroatoms. The Kier molecular flexibility index (Phi) is 6.49. The fourth-order valence-electron chi connectivity index (χ4n) is 2.91. The van der Waals surface area contributed by atoms with Gasteiger partial charge >= 0.3 is 0 Å². The van der Waals surface area contributed by atoms with Crippen LogP contribution < -0.4 is 9.47 Å². The Morgan fingerprint density at radius 3 is 2.48 bits per heavy atom. The molecule has 0 saturated carbocycles. The lowest BCUT2D eigenvalue weighted by molar-refractivity contribution is -0.123. The second-order valence-corrected chi connectivity index (χ2v) is 7.08. The molecule has 1 aliphatic rings. The van der Waals surface area contributed by atoms with Gasteiger partial charge in [-0.25, -0.2) is 0 Å². The summed E-state index contributed by atoms with van der Waals surface area (Å²) in [4.78, 5) is 25.5. The van der Waals surface area contributed by atoms with Crippen molar-refractivity contribution >= 4 is 39.5 Å². The molecule has 0 radical (unpaired) electrons. The fourth-order valence-corrected chi connectivity index (χ4v) is 3.48. The molecule has 0 saturated heterocycles. The third-order valence-corrected chi connectivity index (χ3v) is 4.80. The molecule has 0 aromatic heterocycles. The average molecular weight is 457 g/mol. The molecule has 2 aromatic carbocycles. The van der Waals surface area contributed by atoms with E-state index in [1.165, 1.54) is 0 Å². The highest BCUT2D eigenvalue weighted by molar-refractivity contribution is 9.10. The SMILES string of the molecule is CCOc1cc(/C=C2/C(=O)N(C(=O)c3ccccc3)N=C2C)cc(Br)c1OCC. The lowest BCUT2D eigenvalue weighted by atomic mass is 10.1. The minimum atomic E-state index is -0.459. The Morgan fingerprint density at radius 1 is 1.14 bits per heavy atom. The molecular weight excluding hydrogens is 436 g/mol. The lowest BCUT2D eigenvalue weighted by Crippen LogP contribution is -2.29. The Hall–Kier alpha value is -2.93. The Morgan fingerprint density at radius 2 is 1.83 bits per heavy atom. The number of amides is 2. The van der Waals surface area contributed by atoms with Gasteiger partial charge in [0.05, 0.1) is 29.0 Å². The van der Waals surface area contributed by atoms with E-state index in [9.17, 15) is 9.59 Å². The number of ether oxygens (including phenoxy) is 2. The van der Waals surface area contributed by atoms with Crippen LogP contribution in [0.5, 0.6) is 11.5 Å². The fraction of sp³-hybridized carbons (Fsp3) is 0.227. The van der Waals surface area contributed by atoms with Gasteiger partial charge < -0.3 is 9.47 Å². The van der Waals surface area contributed by atoms with Gasteiger partial charge in [0.15, 0.2) is 11.5 Å². The molecule has 0 atom stereocenters. The predicted octanol–water partition coefficient (Wildman–Crippen LogP) is 4.69. The summed E-state index contributed by atoms with van der Waals surface area (Å²) in [5, 5.41) is 5.07. The molecular formula is C22H21BrN2O4. The summed E-state index contributed by atoms with van der Waals surface area (Å²) >= 11 is 3.50. The van der Waals surface area contributed by atoms with Gasteiger partial charge in [0.2, 0.25) is 0 Å². The maximum atomic E-state index is 12.9. The Bertz CT molecular complexity index is 999. The molecule has 0 unspecified atom stereocenters. The van der Waals surface area contributed by atoms with Crippen LogP contribution in [0.3, 0.4) is 0 Å². The van der Waals surface area contributed by atoms with Gasteiger partial charge in [-0.05, 0) is 72.6 Å². The smallest absolute Gasteiger partial charge is 0.283 e. The van der Waals surface area contributed by atoms with E-state index in [4.69, 9.17) is 9.47 Å². The molecule has 2 aromatic rings. The van der Waals surface area contributed by atoms with E-state index in [0.717, 1.165) is 15.0 Å². The first-order chi connectivity index (χ1) is 14.0. The van der Waals surface area contributed by atoms with Crippen molar-refractivity contribution in [3.05, 3.63) is 63.6 Å². The van der Waals surface area contributed by atoms with Gasteiger partial charge in [0, 0.05) is 5.56 Å². The molecule has 3 rings (SSSR count). The number of carbonyl (C=O) groups is 2. The van der Waals surface area contributed by atoms with Crippen molar-refractivity contribution in [3.63, 3.8) is 0 Å². The van der Waals surface area contributed by atoms with E-state index in [1.807, 2.05) is 26.0 Å². The zero-order chi connectivity index (χ0) is 21.0. The molecule has 1 heterocycles. The first-order valence-electron chi connectivity index (χ1n) is 9.26. The van der Waals surface area contributed by atoms with Crippen LogP contribution >= 0.6 is 15.9 Å². The number of hydrogen-bond acceptors (Lipinski definition) is 5. The number of nitrogens with zero attached hydrogens (tertiary/aromatic N) is 2. The molecule has 6 nitrogen and oxygen atoms in total. The van der Waals surface area contributed by atoms with E-state index in [1.54, 1.807) is 43.3 Å².